The van der Waals surface area contributed by atoms with Crippen molar-refractivity contribution in [3.8, 4) is 0 Å². The lowest BCUT2D eigenvalue weighted by Crippen LogP contribution is -2.41. The van der Waals surface area contributed by atoms with Gasteiger partial charge in [0.1, 0.15) is 0 Å². The summed E-state index contributed by atoms with van der Waals surface area (Å²) in [5, 5.41) is 6.82. The summed E-state index contributed by atoms with van der Waals surface area (Å²) < 4.78 is 0. The summed E-state index contributed by atoms with van der Waals surface area (Å²) in [5.74, 6) is 0.785. The maximum atomic E-state index is 12.3. The molecule has 0 aromatic heterocycles. The highest BCUT2D eigenvalue weighted by Gasteiger charge is 2.34. The molecule has 2 atom stereocenters. The Labute approximate surface area is 140 Å². The number of hydrogen-bond donors (Lipinski definition) is 2. The second kappa shape index (κ2) is 6.64. The first kappa shape index (κ1) is 16.5. The van der Waals surface area contributed by atoms with Crippen molar-refractivity contribution >= 4 is 5.91 Å². The van der Waals surface area contributed by atoms with Crippen molar-refractivity contribution in [2.45, 2.75) is 70.4 Å². The molecule has 0 radical (unpaired) electrons. The predicted octanol–water partition coefficient (Wildman–Crippen LogP) is 3.31. The van der Waals surface area contributed by atoms with Gasteiger partial charge in [-0.3, -0.25) is 4.79 Å². The van der Waals surface area contributed by atoms with Crippen LogP contribution in [0.1, 0.15) is 57.1 Å². The Morgan fingerprint density at radius 1 is 1.17 bits per heavy atom. The van der Waals surface area contributed by atoms with Crippen molar-refractivity contribution in [2.24, 2.45) is 5.92 Å². The van der Waals surface area contributed by atoms with Crippen LogP contribution in [0.15, 0.2) is 24.3 Å². The minimum absolute atomic E-state index is 0.0312. The van der Waals surface area contributed by atoms with E-state index in [0.29, 0.717) is 31.0 Å². The Morgan fingerprint density at radius 3 is 2.39 bits per heavy atom. The summed E-state index contributed by atoms with van der Waals surface area (Å²) in [7, 11) is 0. The third-order valence-electron chi connectivity index (χ3n) is 5.61. The second-order valence-electron chi connectivity index (χ2n) is 8.21. The lowest BCUT2D eigenvalue weighted by Gasteiger charge is -2.30. The van der Waals surface area contributed by atoms with Crippen molar-refractivity contribution in [3.63, 3.8) is 0 Å². The minimum Gasteiger partial charge on any atom is -0.355 e. The first-order valence-corrected chi connectivity index (χ1v) is 9.02. The Hall–Kier alpha value is -1.35. The molecule has 1 amide bonds. The summed E-state index contributed by atoms with van der Waals surface area (Å²) in [6, 6.07) is 9.96. The van der Waals surface area contributed by atoms with Crippen molar-refractivity contribution in [1.82, 2.24) is 10.6 Å². The van der Waals surface area contributed by atoms with E-state index in [4.69, 9.17) is 0 Å². The van der Waals surface area contributed by atoms with Gasteiger partial charge in [0.15, 0.2) is 0 Å². The fraction of sp³-hybridized carbons (Fsp3) is 0.650. The second-order valence-corrected chi connectivity index (χ2v) is 8.21. The monoisotopic (exact) mass is 314 g/mol. The number of nitrogens with one attached hydrogen (secondary N) is 2. The number of fused-ring (bicyclic) bond motifs is 2. The van der Waals surface area contributed by atoms with Gasteiger partial charge in [-0.25, -0.2) is 0 Å². The molecule has 0 aliphatic carbocycles. The van der Waals surface area contributed by atoms with Crippen LogP contribution in [-0.4, -0.2) is 24.5 Å². The summed E-state index contributed by atoms with van der Waals surface area (Å²) in [6.45, 7) is 7.20. The zero-order valence-electron chi connectivity index (χ0n) is 14.7. The zero-order valence-corrected chi connectivity index (χ0v) is 14.7. The van der Waals surface area contributed by atoms with Crippen LogP contribution in [0.3, 0.4) is 0 Å². The van der Waals surface area contributed by atoms with Crippen molar-refractivity contribution < 1.29 is 4.79 Å². The minimum atomic E-state index is -0.0312. The number of benzene rings is 1. The Morgan fingerprint density at radius 2 is 1.78 bits per heavy atom. The maximum Gasteiger partial charge on any atom is 0.220 e. The predicted molar refractivity (Wildman–Crippen MR) is 94.5 cm³/mol. The summed E-state index contributed by atoms with van der Waals surface area (Å²) in [6.07, 6.45) is 5.63. The zero-order chi connectivity index (χ0) is 16.4. The highest BCUT2D eigenvalue weighted by Crippen LogP contribution is 2.32. The molecule has 3 heteroatoms. The summed E-state index contributed by atoms with van der Waals surface area (Å²) in [5.41, 5.74) is 2.52. The smallest absolute Gasteiger partial charge is 0.220 e. The van der Waals surface area contributed by atoms with Crippen LogP contribution < -0.4 is 10.6 Å². The fourth-order valence-electron chi connectivity index (χ4n) is 4.10. The molecule has 1 aromatic rings. The van der Waals surface area contributed by atoms with Gasteiger partial charge in [0.05, 0.1) is 0 Å². The van der Waals surface area contributed by atoms with Gasteiger partial charge < -0.3 is 10.6 Å². The lowest BCUT2D eigenvalue weighted by atomic mass is 9.84. The molecule has 126 valence electrons. The maximum absolute atomic E-state index is 12.3. The van der Waals surface area contributed by atoms with Crippen molar-refractivity contribution in [2.75, 3.05) is 6.54 Å². The number of aryl methyl sites for hydroxylation is 1. The van der Waals surface area contributed by atoms with Gasteiger partial charge in [0.2, 0.25) is 5.91 Å². The van der Waals surface area contributed by atoms with Gasteiger partial charge >= 0.3 is 0 Å². The molecule has 2 aliphatic rings. The van der Waals surface area contributed by atoms with Crippen LogP contribution in [0.4, 0.5) is 0 Å². The number of amides is 1. The molecule has 2 saturated heterocycles. The van der Waals surface area contributed by atoms with Crippen LogP contribution in [0.25, 0.3) is 0 Å². The van der Waals surface area contributed by atoms with Crippen LogP contribution in [-0.2, 0) is 10.2 Å². The van der Waals surface area contributed by atoms with Gasteiger partial charge in [0, 0.05) is 30.5 Å². The molecular weight excluding hydrogens is 284 g/mol. The van der Waals surface area contributed by atoms with E-state index in [-0.39, 0.29) is 11.3 Å². The molecule has 1 aromatic carbocycles. The van der Waals surface area contributed by atoms with E-state index >= 15 is 0 Å². The molecule has 2 unspecified atom stereocenters. The third kappa shape index (κ3) is 4.14. The highest BCUT2D eigenvalue weighted by atomic mass is 16.1. The topological polar surface area (TPSA) is 41.1 Å². The van der Waals surface area contributed by atoms with E-state index in [1.165, 1.54) is 36.8 Å². The van der Waals surface area contributed by atoms with Crippen LogP contribution in [0.2, 0.25) is 0 Å². The van der Waals surface area contributed by atoms with E-state index in [2.05, 4.69) is 55.7 Å². The first-order chi connectivity index (χ1) is 10.9. The fourth-order valence-corrected chi connectivity index (χ4v) is 4.10. The quantitative estimate of drug-likeness (QED) is 0.875. The van der Waals surface area contributed by atoms with E-state index in [1.807, 2.05) is 0 Å². The molecule has 0 spiro atoms. The van der Waals surface area contributed by atoms with E-state index in [0.717, 1.165) is 0 Å². The van der Waals surface area contributed by atoms with Gasteiger partial charge in [0.25, 0.3) is 0 Å². The molecule has 2 heterocycles. The molecule has 23 heavy (non-hydrogen) atoms. The van der Waals surface area contributed by atoms with Crippen LogP contribution in [0.5, 0.6) is 0 Å². The Balaban J connectivity index is 1.49. The normalized spacial score (nSPS) is 27.0. The number of carbonyl (C=O) groups excluding carboxylic acids is 1. The number of hydrogen-bond acceptors (Lipinski definition) is 2. The van der Waals surface area contributed by atoms with Gasteiger partial charge in [-0.05, 0) is 44.1 Å². The van der Waals surface area contributed by atoms with Gasteiger partial charge in [-0.1, -0.05) is 43.7 Å². The average molecular weight is 314 g/mol. The van der Waals surface area contributed by atoms with Crippen LogP contribution in [0, 0.1) is 12.8 Å². The molecule has 2 aliphatic heterocycles. The highest BCUT2D eigenvalue weighted by molar-refractivity contribution is 5.76. The lowest BCUT2D eigenvalue weighted by molar-refractivity contribution is -0.122. The van der Waals surface area contributed by atoms with Crippen molar-refractivity contribution in [1.29, 1.82) is 0 Å². The van der Waals surface area contributed by atoms with E-state index in [1.54, 1.807) is 0 Å². The average Bonchev–Trinajstić information content (AvgIpc) is 2.85. The largest absolute Gasteiger partial charge is 0.355 e. The summed E-state index contributed by atoms with van der Waals surface area (Å²) >= 11 is 0. The summed E-state index contributed by atoms with van der Waals surface area (Å²) in [4.78, 5) is 12.3. The Bertz CT molecular complexity index is 537. The van der Waals surface area contributed by atoms with Crippen molar-refractivity contribution in [3.05, 3.63) is 35.4 Å². The number of rotatable bonds is 5. The molecule has 0 saturated carbocycles. The third-order valence-corrected chi connectivity index (χ3v) is 5.61. The van der Waals surface area contributed by atoms with Gasteiger partial charge in [-0.15, -0.1) is 0 Å². The first-order valence-electron chi connectivity index (χ1n) is 9.02. The van der Waals surface area contributed by atoms with Crippen LogP contribution >= 0.6 is 0 Å². The molecule has 3 rings (SSSR count). The molecule has 2 fully saturated rings. The standard InChI is InChI=1S/C20H30N2O/c1-14-4-6-16(7-5-14)20(2,3)13-21-19(23)12-15-10-17-8-9-18(11-15)22-17/h4-7,15,17-18,22H,8-13H2,1-3H3,(H,21,23). The number of carbonyl (C=O) groups is 1. The number of piperidine rings is 1. The van der Waals surface area contributed by atoms with E-state index < -0.39 is 0 Å². The molecule has 2 bridgehead atoms. The molecule has 3 nitrogen and oxygen atoms in total. The van der Waals surface area contributed by atoms with E-state index in [9.17, 15) is 4.79 Å². The SMILES string of the molecule is Cc1ccc(C(C)(C)CNC(=O)CC2CC3CCC(C2)N3)cc1. The Kier molecular flexibility index (Phi) is 4.77. The van der Waals surface area contributed by atoms with Gasteiger partial charge in [-0.2, -0.15) is 0 Å². The molecule has 2 N–H and O–H groups in total. The molecular formula is C20H30N2O.